The van der Waals surface area contributed by atoms with E-state index < -0.39 is 5.91 Å². The van der Waals surface area contributed by atoms with Gasteiger partial charge < -0.3 is 10.7 Å². The van der Waals surface area contributed by atoms with Crippen LogP contribution in [0.25, 0.3) is 11.8 Å². The Hall–Kier alpha value is -2.14. The van der Waals surface area contributed by atoms with Crippen molar-refractivity contribution in [3.63, 3.8) is 0 Å². The summed E-state index contributed by atoms with van der Waals surface area (Å²) >= 11 is 5.12. The zero-order valence-electron chi connectivity index (χ0n) is 8.96. The van der Waals surface area contributed by atoms with Crippen LogP contribution in [0.1, 0.15) is 5.56 Å². The summed E-state index contributed by atoms with van der Waals surface area (Å²) in [6, 6.07) is 7.63. The highest BCUT2D eigenvalue weighted by Gasteiger charge is 1.96. The summed E-state index contributed by atoms with van der Waals surface area (Å²) in [6.45, 7) is 0. The van der Waals surface area contributed by atoms with Gasteiger partial charge in [-0.1, -0.05) is 12.1 Å². The number of imidazole rings is 1. The second-order valence-corrected chi connectivity index (χ2v) is 3.85. The molecular weight excluding hydrogens is 234 g/mol. The Kier molecular flexibility index (Phi) is 3.20. The number of carbonyl (C=O) groups excluding carboxylic acids is 1. The zero-order valence-corrected chi connectivity index (χ0v) is 9.78. The highest BCUT2D eigenvalue weighted by Crippen LogP contribution is 2.11. The first-order chi connectivity index (χ1) is 8.16. The Bertz CT molecular complexity index is 607. The predicted octanol–water partition coefficient (Wildman–Crippen LogP) is 2.03. The van der Waals surface area contributed by atoms with Crippen molar-refractivity contribution in [2.75, 3.05) is 0 Å². The number of aromatic nitrogens is 2. The van der Waals surface area contributed by atoms with Crippen LogP contribution in [0.2, 0.25) is 0 Å². The lowest BCUT2D eigenvalue weighted by atomic mass is 10.2. The molecule has 1 aromatic heterocycles. The number of hydrogen-bond donors (Lipinski definition) is 2. The fourth-order valence-corrected chi connectivity index (χ4v) is 1.68. The summed E-state index contributed by atoms with van der Waals surface area (Å²) in [6.07, 6.45) is 6.64. The SMILES string of the molecule is NC(=O)C=Cc1ccc(-n2cc[nH]c2=S)cc1. The second-order valence-electron chi connectivity index (χ2n) is 3.46. The van der Waals surface area contributed by atoms with Gasteiger partial charge in [0.25, 0.3) is 0 Å². The minimum atomic E-state index is -0.457. The molecule has 3 N–H and O–H groups in total. The molecular formula is C12H11N3OS. The molecule has 1 heterocycles. The van der Waals surface area contributed by atoms with E-state index in [0.717, 1.165) is 11.3 Å². The van der Waals surface area contributed by atoms with Crippen LogP contribution in [0.4, 0.5) is 0 Å². The number of nitrogens with one attached hydrogen (secondary N) is 1. The Morgan fingerprint density at radius 2 is 2.06 bits per heavy atom. The normalized spacial score (nSPS) is 10.8. The van der Waals surface area contributed by atoms with E-state index in [-0.39, 0.29) is 0 Å². The predicted molar refractivity (Wildman–Crippen MR) is 69.2 cm³/mol. The monoisotopic (exact) mass is 245 g/mol. The third kappa shape index (κ3) is 2.70. The number of nitrogens with two attached hydrogens (primary N) is 1. The number of nitrogens with zero attached hydrogens (tertiary/aromatic N) is 1. The van der Waals surface area contributed by atoms with Crippen molar-refractivity contribution in [2.24, 2.45) is 5.73 Å². The van der Waals surface area contributed by atoms with Gasteiger partial charge in [0.2, 0.25) is 5.91 Å². The van der Waals surface area contributed by atoms with Gasteiger partial charge in [-0.25, -0.2) is 0 Å². The first kappa shape index (κ1) is 11.3. The first-order valence-corrected chi connectivity index (χ1v) is 5.41. The summed E-state index contributed by atoms with van der Waals surface area (Å²) in [5, 5.41) is 0. The average Bonchev–Trinajstić information content (AvgIpc) is 2.73. The molecule has 2 rings (SSSR count). The van der Waals surface area contributed by atoms with E-state index in [9.17, 15) is 4.79 Å². The average molecular weight is 245 g/mol. The maximum absolute atomic E-state index is 10.6. The summed E-state index contributed by atoms with van der Waals surface area (Å²) in [4.78, 5) is 13.5. The van der Waals surface area contributed by atoms with Crippen LogP contribution in [-0.4, -0.2) is 15.5 Å². The van der Waals surface area contributed by atoms with Gasteiger partial charge in [0, 0.05) is 24.2 Å². The third-order valence-electron chi connectivity index (χ3n) is 2.26. The molecule has 1 amide bonds. The molecule has 0 aliphatic rings. The third-order valence-corrected chi connectivity index (χ3v) is 2.58. The van der Waals surface area contributed by atoms with E-state index in [1.54, 1.807) is 12.3 Å². The van der Waals surface area contributed by atoms with Crippen molar-refractivity contribution in [3.8, 4) is 5.69 Å². The number of primary amides is 1. The smallest absolute Gasteiger partial charge is 0.241 e. The van der Waals surface area contributed by atoms with Crippen LogP contribution in [0.15, 0.2) is 42.7 Å². The minimum Gasteiger partial charge on any atom is -0.366 e. The lowest BCUT2D eigenvalue weighted by Crippen LogP contribution is -2.05. The molecule has 4 nitrogen and oxygen atoms in total. The molecule has 86 valence electrons. The van der Waals surface area contributed by atoms with E-state index in [1.165, 1.54) is 6.08 Å². The molecule has 0 saturated carbocycles. The van der Waals surface area contributed by atoms with Gasteiger partial charge in [-0.05, 0) is 36.0 Å². The number of aromatic amines is 1. The number of benzene rings is 1. The van der Waals surface area contributed by atoms with Crippen LogP contribution >= 0.6 is 12.2 Å². The van der Waals surface area contributed by atoms with Crippen molar-refractivity contribution in [3.05, 3.63) is 53.1 Å². The lowest BCUT2D eigenvalue weighted by molar-refractivity contribution is -0.113. The standard InChI is InChI=1S/C12H11N3OS/c13-11(16)6-3-9-1-4-10(5-2-9)15-8-7-14-12(15)17/h1-8H,(H2,13,16)(H,14,17). The zero-order chi connectivity index (χ0) is 12.3. The van der Waals surface area contributed by atoms with Crippen molar-refractivity contribution >= 4 is 24.2 Å². The lowest BCUT2D eigenvalue weighted by Gasteiger charge is -2.02. The van der Waals surface area contributed by atoms with Crippen molar-refractivity contribution < 1.29 is 4.79 Å². The molecule has 17 heavy (non-hydrogen) atoms. The van der Waals surface area contributed by atoms with Crippen molar-refractivity contribution in [1.82, 2.24) is 9.55 Å². The molecule has 0 aliphatic heterocycles. The van der Waals surface area contributed by atoms with Crippen molar-refractivity contribution in [1.29, 1.82) is 0 Å². The van der Waals surface area contributed by atoms with E-state index in [1.807, 2.05) is 35.0 Å². The Labute approximate surface area is 103 Å². The molecule has 0 atom stereocenters. The van der Waals surface area contributed by atoms with Crippen LogP contribution in [0.5, 0.6) is 0 Å². The number of H-pyrrole nitrogens is 1. The maximum Gasteiger partial charge on any atom is 0.241 e. The summed E-state index contributed by atoms with van der Waals surface area (Å²) in [5.74, 6) is -0.457. The summed E-state index contributed by atoms with van der Waals surface area (Å²) in [7, 11) is 0. The minimum absolute atomic E-state index is 0.457. The van der Waals surface area contributed by atoms with Crippen LogP contribution < -0.4 is 5.73 Å². The van der Waals surface area contributed by atoms with Crippen molar-refractivity contribution in [2.45, 2.75) is 0 Å². The van der Waals surface area contributed by atoms with E-state index >= 15 is 0 Å². The number of rotatable bonds is 3. The molecule has 2 aromatic rings. The molecule has 5 heteroatoms. The topological polar surface area (TPSA) is 63.8 Å². The van der Waals surface area contributed by atoms with Gasteiger partial charge in [0.1, 0.15) is 0 Å². The number of hydrogen-bond acceptors (Lipinski definition) is 2. The van der Waals surface area contributed by atoms with Crippen LogP contribution in [0, 0.1) is 4.77 Å². The van der Waals surface area contributed by atoms with Gasteiger partial charge in [-0.2, -0.15) is 0 Å². The Morgan fingerprint density at radius 1 is 1.35 bits per heavy atom. The summed E-state index contributed by atoms with van der Waals surface area (Å²) < 4.78 is 2.50. The fraction of sp³-hybridized carbons (Fsp3) is 0. The Morgan fingerprint density at radius 3 is 2.59 bits per heavy atom. The Balaban J connectivity index is 2.28. The van der Waals surface area contributed by atoms with E-state index in [4.69, 9.17) is 18.0 Å². The van der Waals surface area contributed by atoms with Gasteiger partial charge >= 0.3 is 0 Å². The fourth-order valence-electron chi connectivity index (χ4n) is 1.45. The molecule has 0 saturated heterocycles. The van der Waals surface area contributed by atoms with Gasteiger partial charge in [-0.3, -0.25) is 9.36 Å². The van der Waals surface area contributed by atoms with Gasteiger partial charge in [-0.15, -0.1) is 0 Å². The molecule has 0 spiro atoms. The highest BCUT2D eigenvalue weighted by atomic mass is 32.1. The number of amides is 1. The summed E-state index contributed by atoms with van der Waals surface area (Å²) in [5.41, 5.74) is 6.90. The van der Waals surface area contributed by atoms with Crippen LogP contribution in [0.3, 0.4) is 0 Å². The molecule has 0 bridgehead atoms. The maximum atomic E-state index is 10.6. The van der Waals surface area contributed by atoms with Gasteiger partial charge in [0.15, 0.2) is 4.77 Å². The molecule has 1 aromatic carbocycles. The number of carbonyl (C=O) groups is 1. The van der Waals surface area contributed by atoms with E-state index in [2.05, 4.69) is 4.98 Å². The molecule has 0 aliphatic carbocycles. The first-order valence-electron chi connectivity index (χ1n) is 5.01. The highest BCUT2D eigenvalue weighted by molar-refractivity contribution is 7.71. The largest absolute Gasteiger partial charge is 0.366 e. The van der Waals surface area contributed by atoms with Crippen LogP contribution in [-0.2, 0) is 4.79 Å². The van der Waals surface area contributed by atoms with E-state index in [0.29, 0.717) is 4.77 Å². The molecule has 0 fully saturated rings. The quantitative estimate of drug-likeness (QED) is 0.642. The molecule has 0 unspecified atom stereocenters. The molecule has 0 radical (unpaired) electrons. The second kappa shape index (κ2) is 4.80. The van der Waals surface area contributed by atoms with Gasteiger partial charge in [0.05, 0.1) is 0 Å².